The van der Waals surface area contributed by atoms with Crippen molar-refractivity contribution in [2.45, 2.75) is 6.92 Å². The normalized spacial score (nSPS) is 14.1. The maximum absolute atomic E-state index is 9.90. The summed E-state index contributed by atoms with van der Waals surface area (Å²) in [7, 11) is 0. The first kappa shape index (κ1) is 11.4. The van der Waals surface area contributed by atoms with Gasteiger partial charge in [-0.3, -0.25) is 0 Å². The SMILES string of the molecule is CCOc1cc(O)c(N2C=CC=CC2)cc1O. The summed E-state index contributed by atoms with van der Waals surface area (Å²) in [5.74, 6) is 0.416. The minimum atomic E-state index is 0.0302. The molecule has 0 amide bonds. The van der Waals surface area contributed by atoms with Gasteiger partial charge in [-0.15, -0.1) is 0 Å². The van der Waals surface area contributed by atoms with Gasteiger partial charge in [0.2, 0.25) is 0 Å². The molecule has 1 aromatic rings. The van der Waals surface area contributed by atoms with Crippen LogP contribution in [0.25, 0.3) is 0 Å². The molecule has 0 atom stereocenters. The van der Waals surface area contributed by atoms with Crippen molar-refractivity contribution < 1.29 is 14.9 Å². The van der Waals surface area contributed by atoms with E-state index in [1.165, 1.54) is 12.1 Å². The highest BCUT2D eigenvalue weighted by atomic mass is 16.5. The predicted molar refractivity (Wildman–Crippen MR) is 66.6 cm³/mol. The van der Waals surface area contributed by atoms with Crippen LogP contribution in [0.15, 0.2) is 36.6 Å². The lowest BCUT2D eigenvalue weighted by Crippen LogP contribution is -2.17. The molecule has 2 rings (SSSR count). The van der Waals surface area contributed by atoms with Crippen LogP contribution in [0.5, 0.6) is 17.2 Å². The molecular formula is C13H15NO3. The molecule has 0 bridgehead atoms. The van der Waals surface area contributed by atoms with Crippen LogP contribution in [0.4, 0.5) is 5.69 Å². The molecule has 0 aliphatic carbocycles. The predicted octanol–water partition coefficient (Wildman–Crippen LogP) is 2.39. The Bertz CT molecular complexity index is 466. The van der Waals surface area contributed by atoms with Crippen molar-refractivity contribution in [1.29, 1.82) is 0 Å². The average Bonchev–Trinajstić information content (AvgIpc) is 2.35. The fourth-order valence-electron chi connectivity index (χ4n) is 1.69. The summed E-state index contributed by atoms with van der Waals surface area (Å²) in [5.41, 5.74) is 0.562. The Morgan fingerprint density at radius 3 is 2.71 bits per heavy atom. The van der Waals surface area contributed by atoms with Crippen molar-refractivity contribution in [1.82, 2.24) is 0 Å². The van der Waals surface area contributed by atoms with E-state index < -0.39 is 0 Å². The molecule has 0 fully saturated rings. The summed E-state index contributed by atoms with van der Waals surface area (Å²) in [5, 5.41) is 19.7. The second-order valence-corrected chi connectivity index (χ2v) is 3.66. The Balaban J connectivity index is 2.32. The highest BCUT2D eigenvalue weighted by Crippen LogP contribution is 2.39. The quantitative estimate of drug-likeness (QED) is 0.787. The van der Waals surface area contributed by atoms with Crippen molar-refractivity contribution in [3.05, 3.63) is 36.6 Å². The summed E-state index contributed by atoms with van der Waals surface area (Å²) >= 11 is 0. The number of phenols is 2. The number of allylic oxidation sites excluding steroid dienone is 2. The van der Waals surface area contributed by atoms with Crippen molar-refractivity contribution in [3.63, 3.8) is 0 Å². The third-order valence-corrected chi connectivity index (χ3v) is 2.48. The molecule has 90 valence electrons. The lowest BCUT2D eigenvalue weighted by Gasteiger charge is -2.22. The number of hydrogen-bond donors (Lipinski definition) is 2. The van der Waals surface area contributed by atoms with Gasteiger partial charge in [0.1, 0.15) is 5.75 Å². The molecule has 17 heavy (non-hydrogen) atoms. The number of anilines is 1. The zero-order valence-electron chi connectivity index (χ0n) is 9.63. The van der Waals surface area contributed by atoms with E-state index in [1.54, 1.807) is 0 Å². The van der Waals surface area contributed by atoms with Gasteiger partial charge in [0.25, 0.3) is 0 Å². The molecule has 0 saturated heterocycles. The monoisotopic (exact) mass is 233 g/mol. The van der Waals surface area contributed by atoms with E-state index in [-0.39, 0.29) is 11.5 Å². The minimum Gasteiger partial charge on any atom is -0.506 e. The van der Waals surface area contributed by atoms with Gasteiger partial charge in [-0.2, -0.15) is 0 Å². The first-order chi connectivity index (χ1) is 8.22. The average molecular weight is 233 g/mol. The number of rotatable bonds is 3. The Kier molecular flexibility index (Phi) is 3.23. The molecule has 4 heteroatoms. The molecule has 1 heterocycles. The van der Waals surface area contributed by atoms with Crippen molar-refractivity contribution in [2.75, 3.05) is 18.1 Å². The molecule has 0 unspecified atom stereocenters. The van der Waals surface area contributed by atoms with Crippen molar-refractivity contribution >= 4 is 5.69 Å². The fourth-order valence-corrected chi connectivity index (χ4v) is 1.69. The summed E-state index contributed by atoms with van der Waals surface area (Å²) < 4.78 is 5.20. The minimum absolute atomic E-state index is 0.0302. The van der Waals surface area contributed by atoms with E-state index in [9.17, 15) is 10.2 Å². The van der Waals surface area contributed by atoms with Gasteiger partial charge in [0.15, 0.2) is 11.5 Å². The molecule has 0 saturated carbocycles. The van der Waals surface area contributed by atoms with Gasteiger partial charge in [0.05, 0.1) is 12.3 Å². The lowest BCUT2D eigenvalue weighted by atomic mass is 10.2. The van der Waals surface area contributed by atoms with Gasteiger partial charge >= 0.3 is 0 Å². The molecule has 1 aliphatic heterocycles. The molecule has 0 spiro atoms. The molecular weight excluding hydrogens is 218 g/mol. The van der Waals surface area contributed by atoms with Crippen molar-refractivity contribution in [2.24, 2.45) is 0 Å². The van der Waals surface area contributed by atoms with E-state index in [0.29, 0.717) is 24.6 Å². The molecule has 1 aromatic carbocycles. The number of aromatic hydroxyl groups is 2. The summed E-state index contributed by atoms with van der Waals surface area (Å²) in [6.45, 7) is 2.93. The first-order valence-corrected chi connectivity index (χ1v) is 5.51. The third-order valence-electron chi connectivity index (χ3n) is 2.48. The van der Waals surface area contributed by atoms with E-state index in [1.807, 2.05) is 36.3 Å². The van der Waals surface area contributed by atoms with Crippen LogP contribution in [0, 0.1) is 0 Å². The second-order valence-electron chi connectivity index (χ2n) is 3.66. The topological polar surface area (TPSA) is 52.9 Å². The number of hydrogen-bond acceptors (Lipinski definition) is 4. The fraction of sp³-hybridized carbons (Fsp3) is 0.231. The van der Waals surface area contributed by atoms with E-state index in [2.05, 4.69) is 0 Å². The van der Waals surface area contributed by atoms with Crippen LogP contribution in [0.2, 0.25) is 0 Å². The maximum atomic E-state index is 9.90. The molecule has 0 radical (unpaired) electrons. The van der Waals surface area contributed by atoms with Gasteiger partial charge < -0.3 is 19.8 Å². The van der Waals surface area contributed by atoms with E-state index in [4.69, 9.17) is 4.74 Å². The number of ether oxygens (including phenoxy) is 1. The van der Waals surface area contributed by atoms with Crippen LogP contribution in [0.1, 0.15) is 6.92 Å². The number of nitrogens with zero attached hydrogens (tertiary/aromatic N) is 1. The largest absolute Gasteiger partial charge is 0.506 e. The zero-order chi connectivity index (χ0) is 12.3. The van der Waals surface area contributed by atoms with E-state index in [0.717, 1.165) is 0 Å². The Labute approximate surface area is 100 Å². The van der Waals surface area contributed by atoms with Crippen LogP contribution in [0.3, 0.4) is 0 Å². The molecule has 1 aliphatic rings. The lowest BCUT2D eigenvalue weighted by molar-refractivity contribution is 0.315. The van der Waals surface area contributed by atoms with E-state index >= 15 is 0 Å². The Morgan fingerprint density at radius 1 is 1.24 bits per heavy atom. The second kappa shape index (κ2) is 4.82. The number of benzene rings is 1. The van der Waals surface area contributed by atoms with Gasteiger partial charge in [0, 0.05) is 24.9 Å². The molecule has 4 nitrogen and oxygen atoms in total. The maximum Gasteiger partial charge on any atom is 0.164 e. The van der Waals surface area contributed by atoms with Gasteiger partial charge in [-0.25, -0.2) is 0 Å². The smallest absolute Gasteiger partial charge is 0.164 e. The van der Waals surface area contributed by atoms with Crippen LogP contribution in [-0.2, 0) is 0 Å². The van der Waals surface area contributed by atoms with Crippen LogP contribution < -0.4 is 9.64 Å². The standard InChI is InChI=1S/C13H15NO3/c1-2-17-13-9-11(15)10(8-12(13)16)14-6-4-3-5-7-14/h3-6,8-9,15-16H,2,7H2,1H3. The van der Waals surface area contributed by atoms with Crippen LogP contribution in [-0.4, -0.2) is 23.4 Å². The first-order valence-electron chi connectivity index (χ1n) is 5.51. The summed E-state index contributed by atoms with van der Waals surface area (Å²) in [4.78, 5) is 1.84. The zero-order valence-corrected chi connectivity index (χ0v) is 9.63. The number of phenolic OH excluding ortho intramolecular Hbond substituents is 2. The molecule has 2 N–H and O–H groups in total. The summed E-state index contributed by atoms with van der Waals surface area (Å²) in [6, 6.07) is 2.93. The van der Waals surface area contributed by atoms with Gasteiger partial charge in [-0.1, -0.05) is 12.2 Å². The van der Waals surface area contributed by atoms with Gasteiger partial charge in [-0.05, 0) is 13.0 Å². The Morgan fingerprint density at radius 2 is 2.06 bits per heavy atom. The van der Waals surface area contributed by atoms with Crippen LogP contribution >= 0.6 is 0 Å². The van der Waals surface area contributed by atoms with Crippen molar-refractivity contribution in [3.8, 4) is 17.2 Å². The summed E-state index contributed by atoms with van der Waals surface area (Å²) in [6.07, 6.45) is 7.61. The highest BCUT2D eigenvalue weighted by Gasteiger charge is 2.14. The third kappa shape index (κ3) is 2.36. The Hall–Kier alpha value is -2.10. The highest BCUT2D eigenvalue weighted by molar-refractivity contribution is 5.67. The molecule has 0 aromatic heterocycles.